The van der Waals surface area contributed by atoms with Gasteiger partial charge in [-0.05, 0) is 48.9 Å². The van der Waals surface area contributed by atoms with Crippen LogP contribution in [0, 0.1) is 25.7 Å². The molecule has 1 N–H and O–H groups in total. The highest BCUT2D eigenvalue weighted by Crippen LogP contribution is 2.24. The van der Waals surface area contributed by atoms with Crippen molar-refractivity contribution >= 4 is 17.6 Å². The summed E-state index contributed by atoms with van der Waals surface area (Å²) in [4.78, 5) is 28.8. The number of hydrogen-bond donors (Lipinski definition) is 1. The maximum atomic E-state index is 12.7. The Bertz CT molecular complexity index is 645. The van der Waals surface area contributed by atoms with Gasteiger partial charge in [-0.1, -0.05) is 33.8 Å². The van der Waals surface area contributed by atoms with Crippen molar-refractivity contribution in [3.05, 3.63) is 29.3 Å². The highest BCUT2D eigenvalue weighted by molar-refractivity contribution is 5.96. The molecule has 1 aliphatic rings. The molecule has 2 rings (SSSR count). The number of urea groups is 1. The number of carbonyl (C=O) groups is 2. The summed E-state index contributed by atoms with van der Waals surface area (Å²) in [5, 5.41) is 3.07. The Morgan fingerprint density at radius 1 is 1.15 bits per heavy atom. The van der Waals surface area contributed by atoms with Crippen LogP contribution in [0.15, 0.2) is 18.2 Å². The third kappa shape index (κ3) is 5.23. The van der Waals surface area contributed by atoms with Gasteiger partial charge in [-0.3, -0.25) is 4.79 Å². The third-order valence-corrected chi connectivity index (χ3v) is 4.71. The zero-order chi connectivity index (χ0) is 19.4. The Kier molecular flexibility index (Phi) is 6.68. The lowest BCUT2D eigenvalue weighted by atomic mass is 10.1. The van der Waals surface area contributed by atoms with Crippen LogP contribution in [0.5, 0.6) is 0 Å². The van der Waals surface area contributed by atoms with Gasteiger partial charge in [0.15, 0.2) is 0 Å². The Hall–Kier alpha value is -2.04. The molecule has 1 atom stereocenters. The number of anilines is 1. The summed E-state index contributed by atoms with van der Waals surface area (Å²) >= 11 is 0. The molecule has 1 aromatic rings. The normalized spacial score (nSPS) is 17.3. The van der Waals surface area contributed by atoms with E-state index in [9.17, 15) is 9.59 Å². The minimum atomic E-state index is -0.140. The van der Waals surface area contributed by atoms with Gasteiger partial charge < -0.3 is 15.1 Å². The highest BCUT2D eigenvalue weighted by Gasteiger charge is 2.32. The molecule has 0 radical (unpaired) electrons. The van der Waals surface area contributed by atoms with E-state index in [0.717, 1.165) is 18.8 Å². The highest BCUT2D eigenvalue weighted by atomic mass is 16.2. The fraction of sp³-hybridized carbons (Fsp3) is 0.619. The molecule has 5 heteroatoms. The lowest BCUT2D eigenvalue weighted by molar-refractivity contribution is -0.117. The molecule has 26 heavy (non-hydrogen) atoms. The number of amides is 3. The summed E-state index contributed by atoms with van der Waals surface area (Å²) in [6.07, 6.45) is 0.357. The van der Waals surface area contributed by atoms with E-state index in [2.05, 4.69) is 39.9 Å². The van der Waals surface area contributed by atoms with E-state index in [0.29, 0.717) is 24.8 Å². The maximum Gasteiger partial charge on any atom is 0.317 e. The maximum absolute atomic E-state index is 12.7. The molecule has 1 fully saturated rings. The number of hydrogen-bond acceptors (Lipinski definition) is 2. The molecule has 1 heterocycles. The molecule has 0 aromatic heterocycles. The average Bonchev–Trinajstić information content (AvgIpc) is 2.89. The summed E-state index contributed by atoms with van der Waals surface area (Å²) in [5.41, 5.74) is 3.29. The number of aryl methyl sites for hydroxylation is 2. The van der Waals surface area contributed by atoms with Gasteiger partial charge in [0, 0.05) is 31.7 Å². The molecule has 1 aromatic carbocycles. The van der Waals surface area contributed by atoms with Crippen LogP contribution in [0.3, 0.4) is 0 Å². The molecule has 0 spiro atoms. The van der Waals surface area contributed by atoms with Crippen LogP contribution in [0.1, 0.15) is 45.2 Å². The molecular weight excluding hydrogens is 326 g/mol. The van der Waals surface area contributed by atoms with E-state index in [1.54, 1.807) is 4.90 Å². The molecule has 5 nitrogen and oxygen atoms in total. The van der Waals surface area contributed by atoms with Crippen molar-refractivity contribution in [1.29, 1.82) is 0 Å². The Balaban J connectivity index is 2.02. The fourth-order valence-corrected chi connectivity index (χ4v) is 3.34. The molecule has 1 aliphatic heterocycles. The number of carbonyl (C=O) groups excluding carboxylic acids is 2. The number of nitrogens with one attached hydrogen (secondary N) is 1. The summed E-state index contributed by atoms with van der Waals surface area (Å²) in [5.74, 6) is 0.895. The Morgan fingerprint density at radius 3 is 2.31 bits per heavy atom. The predicted molar refractivity (Wildman–Crippen MR) is 106 cm³/mol. The summed E-state index contributed by atoms with van der Waals surface area (Å²) < 4.78 is 0. The smallest absolute Gasteiger partial charge is 0.317 e. The summed E-state index contributed by atoms with van der Waals surface area (Å²) in [6, 6.07) is 5.86. The predicted octanol–water partition coefficient (Wildman–Crippen LogP) is 3.73. The minimum absolute atomic E-state index is 0.0628. The average molecular weight is 360 g/mol. The van der Waals surface area contributed by atoms with Gasteiger partial charge >= 0.3 is 6.03 Å². The van der Waals surface area contributed by atoms with E-state index in [1.807, 2.05) is 30.0 Å². The molecule has 0 saturated carbocycles. The standard InChI is InChI=1S/C21H33N3O2/c1-14(2)11-23(12-15(3)4)21(26)22-18-10-20(25)24(13-18)19-8-7-16(5)17(6)9-19/h7-9,14-15,18H,10-13H2,1-6H3,(H,22,26)/t18-/m1/s1. The molecule has 0 bridgehead atoms. The van der Waals surface area contributed by atoms with E-state index in [-0.39, 0.29) is 18.0 Å². The second-order valence-corrected chi connectivity index (χ2v) is 8.32. The van der Waals surface area contributed by atoms with E-state index < -0.39 is 0 Å². The second kappa shape index (κ2) is 8.56. The molecule has 0 unspecified atom stereocenters. The van der Waals surface area contributed by atoms with Crippen LogP contribution in [0.4, 0.5) is 10.5 Å². The number of nitrogens with zero attached hydrogens (tertiary/aromatic N) is 2. The third-order valence-electron chi connectivity index (χ3n) is 4.71. The zero-order valence-corrected chi connectivity index (χ0v) is 17.0. The largest absolute Gasteiger partial charge is 0.333 e. The van der Waals surface area contributed by atoms with Crippen LogP contribution in [0.2, 0.25) is 0 Å². The van der Waals surface area contributed by atoms with Crippen molar-refractivity contribution in [2.45, 2.75) is 54.0 Å². The van der Waals surface area contributed by atoms with Gasteiger partial charge in [0.2, 0.25) is 5.91 Å². The van der Waals surface area contributed by atoms with Gasteiger partial charge in [0.05, 0.1) is 6.04 Å². The Labute approximate surface area is 157 Å². The van der Waals surface area contributed by atoms with Crippen molar-refractivity contribution in [3.63, 3.8) is 0 Å². The molecule has 1 saturated heterocycles. The summed E-state index contributed by atoms with van der Waals surface area (Å²) in [7, 11) is 0. The topological polar surface area (TPSA) is 52.7 Å². The fourth-order valence-electron chi connectivity index (χ4n) is 3.34. The van der Waals surface area contributed by atoms with Crippen molar-refractivity contribution in [2.24, 2.45) is 11.8 Å². The molecular formula is C21H33N3O2. The van der Waals surface area contributed by atoms with Gasteiger partial charge in [-0.25, -0.2) is 4.79 Å². The summed E-state index contributed by atoms with van der Waals surface area (Å²) in [6.45, 7) is 14.5. The lowest BCUT2D eigenvalue weighted by Gasteiger charge is -2.28. The van der Waals surface area contributed by atoms with Crippen molar-refractivity contribution in [1.82, 2.24) is 10.2 Å². The number of rotatable bonds is 6. The molecule has 144 valence electrons. The van der Waals surface area contributed by atoms with E-state index in [4.69, 9.17) is 0 Å². The Morgan fingerprint density at radius 2 is 1.77 bits per heavy atom. The van der Waals surface area contributed by atoms with Crippen LogP contribution >= 0.6 is 0 Å². The van der Waals surface area contributed by atoms with Crippen LogP contribution in [0.25, 0.3) is 0 Å². The first-order chi connectivity index (χ1) is 12.2. The minimum Gasteiger partial charge on any atom is -0.333 e. The van der Waals surface area contributed by atoms with Gasteiger partial charge in [0.25, 0.3) is 0 Å². The van der Waals surface area contributed by atoms with Crippen LogP contribution in [-0.2, 0) is 4.79 Å². The second-order valence-electron chi connectivity index (χ2n) is 8.32. The van der Waals surface area contributed by atoms with Crippen molar-refractivity contribution in [2.75, 3.05) is 24.5 Å². The van der Waals surface area contributed by atoms with Crippen molar-refractivity contribution in [3.8, 4) is 0 Å². The van der Waals surface area contributed by atoms with Crippen molar-refractivity contribution < 1.29 is 9.59 Å². The SMILES string of the molecule is Cc1ccc(N2C[C@H](NC(=O)N(CC(C)C)CC(C)C)CC2=O)cc1C. The van der Waals surface area contributed by atoms with Gasteiger partial charge in [-0.15, -0.1) is 0 Å². The number of benzene rings is 1. The monoisotopic (exact) mass is 359 g/mol. The first-order valence-corrected chi connectivity index (χ1v) is 9.60. The lowest BCUT2D eigenvalue weighted by Crippen LogP contribution is -2.48. The van der Waals surface area contributed by atoms with Crippen LogP contribution in [-0.4, -0.2) is 42.5 Å². The zero-order valence-electron chi connectivity index (χ0n) is 17.0. The van der Waals surface area contributed by atoms with Crippen LogP contribution < -0.4 is 10.2 Å². The first kappa shape index (κ1) is 20.3. The molecule has 0 aliphatic carbocycles. The van der Waals surface area contributed by atoms with E-state index in [1.165, 1.54) is 11.1 Å². The van der Waals surface area contributed by atoms with Gasteiger partial charge in [0.1, 0.15) is 0 Å². The van der Waals surface area contributed by atoms with E-state index >= 15 is 0 Å². The quantitative estimate of drug-likeness (QED) is 0.841. The van der Waals surface area contributed by atoms with Gasteiger partial charge in [-0.2, -0.15) is 0 Å². The first-order valence-electron chi connectivity index (χ1n) is 9.60. The molecule has 3 amide bonds.